The van der Waals surface area contributed by atoms with Crippen LogP contribution in [-0.4, -0.2) is 9.97 Å². The molecule has 0 spiro atoms. The minimum atomic E-state index is 0.953. The van der Waals surface area contributed by atoms with Gasteiger partial charge in [-0.05, 0) is 24.6 Å². The van der Waals surface area contributed by atoms with Gasteiger partial charge in [0.15, 0.2) is 0 Å². The van der Waals surface area contributed by atoms with E-state index in [0.717, 1.165) is 11.0 Å². The van der Waals surface area contributed by atoms with Crippen LogP contribution in [0.2, 0.25) is 0 Å². The van der Waals surface area contributed by atoms with E-state index >= 15 is 0 Å². The average molecular weight is 194 g/mol. The van der Waals surface area contributed by atoms with E-state index in [0.29, 0.717) is 0 Å². The Hall–Kier alpha value is -1.96. The van der Waals surface area contributed by atoms with E-state index in [9.17, 15) is 0 Å². The highest BCUT2D eigenvalue weighted by atomic mass is 14.7. The van der Waals surface area contributed by atoms with Gasteiger partial charge >= 0.3 is 0 Å². The van der Waals surface area contributed by atoms with Crippen molar-refractivity contribution >= 4 is 21.8 Å². The summed E-state index contributed by atoms with van der Waals surface area (Å²) in [6.45, 7) is 2.08. The Morgan fingerprint density at radius 2 is 1.80 bits per heavy atom. The van der Waals surface area contributed by atoms with Gasteiger partial charge in [0, 0.05) is 17.0 Å². The third kappa shape index (κ3) is 1.26. The first kappa shape index (κ1) is 8.36. The summed E-state index contributed by atoms with van der Waals surface area (Å²) < 4.78 is 0. The van der Waals surface area contributed by atoms with Crippen molar-refractivity contribution in [2.75, 3.05) is 0 Å². The summed E-state index contributed by atoms with van der Waals surface area (Å²) in [6, 6.07) is 10.4. The summed E-state index contributed by atoms with van der Waals surface area (Å²) in [5.74, 6) is 0. The zero-order chi connectivity index (χ0) is 10.3. The smallest absolute Gasteiger partial charge is 0.0891 e. The molecule has 0 radical (unpaired) electrons. The zero-order valence-corrected chi connectivity index (χ0v) is 8.44. The lowest BCUT2D eigenvalue weighted by Gasteiger charge is -2.02. The summed E-state index contributed by atoms with van der Waals surface area (Å²) in [4.78, 5) is 8.70. The van der Waals surface area contributed by atoms with Gasteiger partial charge in [-0.3, -0.25) is 9.97 Å². The summed E-state index contributed by atoms with van der Waals surface area (Å²) in [6.07, 6.45) is 3.63. The molecule has 0 saturated carbocycles. The first-order valence-electron chi connectivity index (χ1n) is 4.95. The topological polar surface area (TPSA) is 25.8 Å². The highest BCUT2D eigenvalue weighted by Gasteiger charge is 2.01. The molecule has 0 atom stereocenters. The van der Waals surface area contributed by atoms with Crippen LogP contribution in [0.5, 0.6) is 0 Å². The highest BCUT2D eigenvalue weighted by Crippen LogP contribution is 2.22. The van der Waals surface area contributed by atoms with Gasteiger partial charge in [0.1, 0.15) is 0 Å². The van der Waals surface area contributed by atoms with Crippen molar-refractivity contribution in [2.45, 2.75) is 6.92 Å². The van der Waals surface area contributed by atoms with Crippen LogP contribution in [0.1, 0.15) is 5.56 Å². The van der Waals surface area contributed by atoms with Crippen molar-refractivity contribution in [2.24, 2.45) is 0 Å². The van der Waals surface area contributed by atoms with Crippen LogP contribution in [0.25, 0.3) is 21.8 Å². The molecule has 2 heteroatoms. The minimum Gasteiger partial charge on any atom is -0.255 e. The molecule has 15 heavy (non-hydrogen) atoms. The normalized spacial score (nSPS) is 11.0. The second kappa shape index (κ2) is 3.02. The number of aromatic nitrogens is 2. The molecule has 0 amide bonds. The maximum Gasteiger partial charge on any atom is 0.0891 e. The van der Waals surface area contributed by atoms with Gasteiger partial charge < -0.3 is 0 Å². The lowest BCUT2D eigenvalue weighted by Crippen LogP contribution is -1.84. The van der Waals surface area contributed by atoms with Crippen LogP contribution in [0, 0.1) is 6.92 Å². The van der Waals surface area contributed by atoms with Gasteiger partial charge in [-0.25, -0.2) is 0 Å². The van der Waals surface area contributed by atoms with Crippen molar-refractivity contribution in [3.63, 3.8) is 0 Å². The predicted molar refractivity (Wildman–Crippen MR) is 61.8 cm³/mol. The fourth-order valence-electron chi connectivity index (χ4n) is 1.86. The SMILES string of the molecule is Cc1ccc2c(c1)ncc1ncccc12. The third-order valence-corrected chi connectivity index (χ3v) is 2.61. The number of benzene rings is 1. The van der Waals surface area contributed by atoms with Crippen molar-refractivity contribution in [1.82, 2.24) is 9.97 Å². The predicted octanol–water partition coefficient (Wildman–Crippen LogP) is 3.09. The zero-order valence-electron chi connectivity index (χ0n) is 8.44. The molecule has 2 aromatic heterocycles. The molecule has 0 saturated heterocycles. The van der Waals surface area contributed by atoms with Crippen LogP contribution >= 0.6 is 0 Å². The van der Waals surface area contributed by atoms with Gasteiger partial charge in [0.05, 0.1) is 17.2 Å². The fourth-order valence-corrected chi connectivity index (χ4v) is 1.86. The molecule has 3 aromatic rings. The number of rotatable bonds is 0. The van der Waals surface area contributed by atoms with E-state index in [2.05, 4.69) is 41.2 Å². The van der Waals surface area contributed by atoms with Gasteiger partial charge in [-0.1, -0.05) is 18.2 Å². The molecule has 2 nitrogen and oxygen atoms in total. The molecule has 0 aliphatic rings. The summed E-state index contributed by atoms with van der Waals surface area (Å²) in [5, 5.41) is 2.34. The molecule has 0 unspecified atom stereocenters. The number of pyridine rings is 2. The Morgan fingerprint density at radius 1 is 0.933 bits per heavy atom. The van der Waals surface area contributed by atoms with Crippen LogP contribution < -0.4 is 0 Å². The van der Waals surface area contributed by atoms with Crippen LogP contribution in [0.4, 0.5) is 0 Å². The highest BCUT2D eigenvalue weighted by molar-refractivity contribution is 6.03. The quantitative estimate of drug-likeness (QED) is 0.514. The van der Waals surface area contributed by atoms with E-state index in [-0.39, 0.29) is 0 Å². The first-order valence-corrected chi connectivity index (χ1v) is 4.95. The molecular formula is C13H10N2. The Morgan fingerprint density at radius 3 is 2.73 bits per heavy atom. The summed E-state index contributed by atoms with van der Waals surface area (Å²) in [5.41, 5.74) is 3.22. The molecule has 1 aromatic carbocycles. The third-order valence-electron chi connectivity index (χ3n) is 2.61. The Bertz CT molecular complexity index is 644. The molecule has 0 aliphatic carbocycles. The lowest BCUT2D eigenvalue weighted by molar-refractivity contribution is 1.35. The molecule has 3 rings (SSSR count). The maximum atomic E-state index is 4.41. The first-order chi connectivity index (χ1) is 7.34. The van der Waals surface area contributed by atoms with Crippen LogP contribution in [-0.2, 0) is 0 Å². The fraction of sp³-hybridized carbons (Fsp3) is 0.0769. The van der Waals surface area contributed by atoms with Crippen LogP contribution in [0.15, 0.2) is 42.7 Å². The van der Waals surface area contributed by atoms with Gasteiger partial charge in [-0.15, -0.1) is 0 Å². The van der Waals surface area contributed by atoms with E-state index in [1.165, 1.54) is 16.3 Å². The number of nitrogens with zero attached hydrogens (tertiary/aromatic N) is 2. The molecule has 72 valence electrons. The largest absolute Gasteiger partial charge is 0.255 e. The van der Waals surface area contributed by atoms with Gasteiger partial charge in [-0.2, -0.15) is 0 Å². The van der Waals surface area contributed by atoms with Gasteiger partial charge in [0.25, 0.3) is 0 Å². The monoisotopic (exact) mass is 194 g/mol. The number of hydrogen-bond acceptors (Lipinski definition) is 2. The van der Waals surface area contributed by atoms with Crippen LogP contribution in [0.3, 0.4) is 0 Å². The van der Waals surface area contributed by atoms with E-state index in [1.54, 1.807) is 6.20 Å². The van der Waals surface area contributed by atoms with E-state index in [4.69, 9.17) is 0 Å². The number of fused-ring (bicyclic) bond motifs is 3. The Balaban J connectivity index is 2.55. The maximum absolute atomic E-state index is 4.41. The molecule has 0 bridgehead atoms. The van der Waals surface area contributed by atoms with Crippen molar-refractivity contribution in [3.8, 4) is 0 Å². The average Bonchev–Trinajstić information content (AvgIpc) is 2.28. The Labute approximate surface area is 87.6 Å². The van der Waals surface area contributed by atoms with E-state index < -0.39 is 0 Å². The van der Waals surface area contributed by atoms with Crippen molar-refractivity contribution in [3.05, 3.63) is 48.3 Å². The number of aryl methyl sites for hydroxylation is 1. The molecular weight excluding hydrogens is 184 g/mol. The molecule has 2 heterocycles. The molecule has 0 fully saturated rings. The Kier molecular flexibility index (Phi) is 1.68. The number of hydrogen-bond donors (Lipinski definition) is 0. The van der Waals surface area contributed by atoms with Crippen molar-refractivity contribution in [1.29, 1.82) is 0 Å². The molecule has 0 aliphatic heterocycles. The van der Waals surface area contributed by atoms with Crippen molar-refractivity contribution < 1.29 is 0 Å². The minimum absolute atomic E-state index is 0.953. The second-order valence-corrected chi connectivity index (χ2v) is 3.72. The van der Waals surface area contributed by atoms with Gasteiger partial charge in [0.2, 0.25) is 0 Å². The summed E-state index contributed by atoms with van der Waals surface area (Å²) in [7, 11) is 0. The summed E-state index contributed by atoms with van der Waals surface area (Å²) >= 11 is 0. The molecule has 0 N–H and O–H groups in total. The lowest BCUT2D eigenvalue weighted by atomic mass is 10.1. The van der Waals surface area contributed by atoms with E-state index in [1.807, 2.05) is 12.3 Å². The standard InChI is InChI=1S/C13H10N2/c1-9-4-5-11-10-3-2-6-14-13(10)8-15-12(11)7-9/h2-8H,1H3. The second-order valence-electron chi connectivity index (χ2n) is 3.72.